The summed E-state index contributed by atoms with van der Waals surface area (Å²) in [6.07, 6.45) is -4.93. The highest BCUT2D eigenvalue weighted by Crippen LogP contribution is 2.35. The summed E-state index contributed by atoms with van der Waals surface area (Å²) in [5.74, 6) is -11.6. The van der Waals surface area contributed by atoms with Crippen LogP contribution in [-0.2, 0) is 24.2 Å². The van der Waals surface area contributed by atoms with E-state index in [0.29, 0.717) is 12.8 Å². The standard InChI is InChI=1S/C15H21F5N2O6S/c1-2-9(11(23)13(25)26)22-12(24)10(6-29(27,28)5-8-3-4-8)21-7-14(16,17)15(18,19)20/h8-10,21H,2-7H2,1H3,(H,22,24)(H,25,26)/t9-,10-/m0/s1. The average Bonchev–Trinajstić information content (AvgIpc) is 3.37. The molecule has 0 radical (unpaired) electrons. The monoisotopic (exact) mass is 452 g/mol. The highest BCUT2D eigenvalue weighted by molar-refractivity contribution is 7.91. The molecule has 0 aromatic heterocycles. The minimum Gasteiger partial charge on any atom is -0.475 e. The van der Waals surface area contributed by atoms with Gasteiger partial charge in [-0.15, -0.1) is 0 Å². The lowest BCUT2D eigenvalue weighted by molar-refractivity contribution is -0.279. The summed E-state index contributed by atoms with van der Waals surface area (Å²) >= 11 is 0. The Morgan fingerprint density at radius 3 is 2.07 bits per heavy atom. The molecule has 168 valence electrons. The quantitative estimate of drug-likeness (QED) is 0.291. The smallest absolute Gasteiger partial charge is 0.454 e. The number of carbonyl (C=O) groups is 3. The van der Waals surface area contributed by atoms with Gasteiger partial charge in [0, 0.05) is 0 Å². The number of carboxylic acids is 1. The van der Waals surface area contributed by atoms with Gasteiger partial charge in [-0.1, -0.05) is 6.92 Å². The third-order valence-electron chi connectivity index (χ3n) is 4.16. The van der Waals surface area contributed by atoms with E-state index in [9.17, 15) is 44.8 Å². The van der Waals surface area contributed by atoms with Crippen LogP contribution in [0.25, 0.3) is 0 Å². The number of rotatable bonds is 12. The molecule has 3 N–H and O–H groups in total. The number of alkyl halides is 5. The predicted octanol–water partition coefficient (Wildman–Crippen LogP) is 0.515. The molecule has 0 aromatic carbocycles. The molecule has 2 atom stereocenters. The fourth-order valence-electron chi connectivity index (χ4n) is 2.32. The van der Waals surface area contributed by atoms with Crippen molar-refractivity contribution >= 4 is 27.5 Å². The van der Waals surface area contributed by atoms with Crippen LogP contribution in [-0.4, -0.2) is 73.4 Å². The van der Waals surface area contributed by atoms with Crippen molar-refractivity contribution < 1.29 is 49.9 Å². The summed E-state index contributed by atoms with van der Waals surface area (Å²) in [7, 11) is -4.00. The molecule has 1 saturated carbocycles. The Labute approximate surface area is 163 Å². The molecule has 0 spiro atoms. The van der Waals surface area contributed by atoms with Crippen molar-refractivity contribution in [3.63, 3.8) is 0 Å². The van der Waals surface area contributed by atoms with Gasteiger partial charge in [0.25, 0.3) is 5.78 Å². The number of halogens is 5. The van der Waals surface area contributed by atoms with Gasteiger partial charge in [0.1, 0.15) is 6.04 Å². The van der Waals surface area contributed by atoms with Crippen LogP contribution in [0.1, 0.15) is 26.2 Å². The van der Waals surface area contributed by atoms with Crippen LogP contribution in [0, 0.1) is 5.92 Å². The normalized spacial score (nSPS) is 17.4. The fourth-order valence-corrected chi connectivity index (χ4v) is 4.28. The number of carboxylic acid groups (broad SMARTS) is 1. The van der Waals surface area contributed by atoms with Crippen LogP contribution in [0.5, 0.6) is 0 Å². The summed E-state index contributed by atoms with van der Waals surface area (Å²) < 4.78 is 87.6. The minimum absolute atomic E-state index is 0.169. The second kappa shape index (κ2) is 9.32. The Morgan fingerprint density at radius 2 is 1.66 bits per heavy atom. The number of ketones is 1. The van der Waals surface area contributed by atoms with E-state index in [2.05, 4.69) is 0 Å². The van der Waals surface area contributed by atoms with Crippen LogP contribution >= 0.6 is 0 Å². The molecule has 0 unspecified atom stereocenters. The number of amides is 1. The molecule has 29 heavy (non-hydrogen) atoms. The van der Waals surface area contributed by atoms with E-state index in [4.69, 9.17) is 5.11 Å². The highest BCUT2D eigenvalue weighted by Gasteiger charge is 2.57. The van der Waals surface area contributed by atoms with Gasteiger partial charge in [-0.25, -0.2) is 13.2 Å². The number of hydrogen-bond acceptors (Lipinski definition) is 6. The number of carbonyl (C=O) groups excluding carboxylic acids is 2. The van der Waals surface area contributed by atoms with Crippen LogP contribution in [0.3, 0.4) is 0 Å². The third-order valence-corrected chi connectivity index (χ3v) is 5.98. The van der Waals surface area contributed by atoms with E-state index in [0.717, 1.165) is 0 Å². The molecule has 0 saturated heterocycles. The first-order chi connectivity index (χ1) is 13.1. The maximum atomic E-state index is 13.2. The Morgan fingerprint density at radius 1 is 1.10 bits per heavy atom. The second-order valence-corrected chi connectivity index (χ2v) is 8.95. The van der Waals surface area contributed by atoms with Crippen molar-refractivity contribution in [2.24, 2.45) is 5.92 Å². The summed E-state index contributed by atoms with van der Waals surface area (Å²) in [6, 6.07) is -3.64. The number of sulfone groups is 1. The van der Waals surface area contributed by atoms with Gasteiger partial charge in [0.15, 0.2) is 9.84 Å². The van der Waals surface area contributed by atoms with Gasteiger partial charge >= 0.3 is 18.1 Å². The van der Waals surface area contributed by atoms with Crippen molar-refractivity contribution in [2.75, 3.05) is 18.1 Å². The molecule has 8 nitrogen and oxygen atoms in total. The fraction of sp³-hybridized carbons (Fsp3) is 0.800. The Bertz CT molecular complexity index is 736. The Kier molecular flexibility index (Phi) is 8.10. The van der Waals surface area contributed by atoms with Crippen LogP contribution in [0.15, 0.2) is 0 Å². The first kappa shape index (κ1) is 25.2. The van der Waals surface area contributed by atoms with Gasteiger partial charge in [0.2, 0.25) is 5.91 Å². The van der Waals surface area contributed by atoms with Crippen molar-refractivity contribution in [3.05, 3.63) is 0 Å². The molecule has 1 aliphatic rings. The summed E-state index contributed by atoms with van der Waals surface area (Å²) in [6.45, 7) is -0.757. The SMILES string of the molecule is CC[C@H](NC(=O)[C@H](CS(=O)(=O)CC1CC1)NCC(F)(F)C(F)(F)F)C(=O)C(=O)O. The molecule has 14 heteroatoms. The van der Waals surface area contributed by atoms with E-state index < -0.39 is 64.0 Å². The van der Waals surface area contributed by atoms with Crippen molar-refractivity contribution in [1.82, 2.24) is 10.6 Å². The summed E-state index contributed by atoms with van der Waals surface area (Å²) in [4.78, 5) is 34.5. The first-order valence-corrected chi connectivity index (χ1v) is 10.4. The van der Waals surface area contributed by atoms with Gasteiger partial charge in [0.05, 0.1) is 24.1 Å². The number of Topliss-reactive ketones (excluding diaryl/α,β-unsaturated/α-hetero) is 1. The van der Waals surface area contributed by atoms with E-state index in [1.165, 1.54) is 6.92 Å². The molecule has 0 aromatic rings. The molecule has 0 aliphatic heterocycles. The average molecular weight is 452 g/mol. The van der Waals surface area contributed by atoms with E-state index in [-0.39, 0.29) is 18.1 Å². The van der Waals surface area contributed by atoms with Crippen LogP contribution in [0.2, 0.25) is 0 Å². The number of aliphatic carboxylic acids is 1. The lowest BCUT2D eigenvalue weighted by atomic mass is 10.1. The van der Waals surface area contributed by atoms with E-state index in [1.807, 2.05) is 5.32 Å². The molecular weight excluding hydrogens is 431 g/mol. The lowest BCUT2D eigenvalue weighted by Crippen LogP contribution is -2.57. The molecule has 1 rings (SSSR count). The van der Waals surface area contributed by atoms with Gasteiger partial charge in [-0.05, 0) is 25.2 Å². The molecular formula is C15H21F5N2O6S. The summed E-state index contributed by atoms with van der Waals surface area (Å²) in [5, 5.41) is 12.2. The summed E-state index contributed by atoms with van der Waals surface area (Å²) in [5.41, 5.74) is 0. The van der Waals surface area contributed by atoms with Crippen molar-refractivity contribution in [1.29, 1.82) is 0 Å². The molecule has 1 fully saturated rings. The zero-order valence-electron chi connectivity index (χ0n) is 15.3. The maximum absolute atomic E-state index is 13.2. The Balaban J connectivity index is 2.97. The Hall–Kier alpha value is -1.83. The van der Waals surface area contributed by atoms with Crippen molar-refractivity contribution in [3.8, 4) is 0 Å². The predicted molar refractivity (Wildman–Crippen MR) is 89.0 cm³/mol. The zero-order chi connectivity index (χ0) is 22.6. The van der Waals surface area contributed by atoms with Crippen LogP contribution in [0.4, 0.5) is 22.0 Å². The van der Waals surface area contributed by atoms with Gasteiger partial charge in [-0.3, -0.25) is 14.9 Å². The first-order valence-electron chi connectivity index (χ1n) is 8.55. The lowest BCUT2D eigenvalue weighted by Gasteiger charge is -2.25. The van der Waals surface area contributed by atoms with Crippen molar-refractivity contribution in [2.45, 2.75) is 50.4 Å². The largest absolute Gasteiger partial charge is 0.475 e. The molecule has 1 amide bonds. The molecule has 0 heterocycles. The number of hydrogen-bond donors (Lipinski definition) is 3. The van der Waals surface area contributed by atoms with Crippen LogP contribution < -0.4 is 10.6 Å². The molecule has 1 aliphatic carbocycles. The maximum Gasteiger partial charge on any atom is 0.454 e. The van der Waals surface area contributed by atoms with E-state index in [1.54, 1.807) is 5.32 Å². The van der Waals surface area contributed by atoms with E-state index >= 15 is 0 Å². The third kappa shape index (κ3) is 7.84. The number of nitrogens with one attached hydrogen (secondary N) is 2. The second-order valence-electron chi connectivity index (χ2n) is 6.79. The topological polar surface area (TPSA) is 130 Å². The zero-order valence-corrected chi connectivity index (χ0v) is 16.1. The molecule has 0 bridgehead atoms. The highest BCUT2D eigenvalue weighted by atomic mass is 32.2. The minimum atomic E-state index is -5.93. The van der Waals surface area contributed by atoms with Gasteiger partial charge < -0.3 is 10.4 Å². The van der Waals surface area contributed by atoms with Gasteiger partial charge in [-0.2, -0.15) is 22.0 Å².